The molecule has 0 radical (unpaired) electrons. The van der Waals surface area contributed by atoms with Crippen LogP contribution in [0.15, 0.2) is 23.3 Å². The Balaban J connectivity index is 3.72. The maximum Gasteiger partial charge on any atom is 0.0183 e. The predicted molar refractivity (Wildman–Crippen MR) is 79.4 cm³/mol. The van der Waals surface area contributed by atoms with Crippen molar-refractivity contribution in [1.82, 2.24) is 4.90 Å². The lowest BCUT2D eigenvalue weighted by Gasteiger charge is -2.09. The van der Waals surface area contributed by atoms with Crippen molar-refractivity contribution >= 4 is 0 Å². The molecule has 0 aromatic rings. The van der Waals surface area contributed by atoms with E-state index >= 15 is 0 Å². The minimum atomic E-state index is 1.08. The number of rotatable bonds is 9. The normalized spacial score (nSPS) is 13.5. The molecule has 0 bridgehead atoms. The van der Waals surface area contributed by atoms with Gasteiger partial charge in [0.25, 0.3) is 0 Å². The maximum absolute atomic E-state index is 2.42. The Bertz CT molecular complexity index is 236. The number of unbranched alkanes of at least 4 members (excludes halogenated alkanes) is 3. The molecule has 0 amide bonds. The van der Waals surface area contributed by atoms with Crippen molar-refractivity contribution in [2.75, 3.05) is 20.6 Å². The minimum Gasteiger partial charge on any atom is -0.305 e. The van der Waals surface area contributed by atoms with E-state index in [2.05, 4.69) is 51.9 Å². The highest BCUT2D eigenvalue weighted by molar-refractivity contribution is 5.04. The summed E-state index contributed by atoms with van der Waals surface area (Å²) in [6.45, 7) is 7.83. The molecule has 0 rings (SSSR count). The summed E-state index contributed by atoms with van der Waals surface area (Å²) in [5.41, 5.74) is 3.03. The van der Waals surface area contributed by atoms with Crippen LogP contribution in [0.4, 0.5) is 0 Å². The van der Waals surface area contributed by atoms with Crippen molar-refractivity contribution in [3.05, 3.63) is 23.3 Å². The van der Waals surface area contributed by atoms with Gasteiger partial charge in [-0.3, -0.25) is 0 Å². The van der Waals surface area contributed by atoms with Gasteiger partial charge in [0.15, 0.2) is 0 Å². The first kappa shape index (κ1) is 16.4. The van der Waals surface area contributed by atoms with Crippen LogP contribution < -0.4 is 0 Å². The highest BCUT2D eigenvalue weighted by atomic mass is 15.0. The Morgan fingerprint density at radius 3 is 2.18 bits per heavy atom. The summed E-state index contributed by atoms with van der Waals surface area (Å²) in [6.07, 6.45) is 12.5. The summed E-state index contributed by atoms with van der Waals surface area (Å²) in [7, 11) is 4.24. The lowest BCUT2D eigenvalue weighted by Crippen LogP contribution is -2.13. The molecule has 0 atom stereocenters. The number of allylic oxidation sites excluding steroid dienone is 3. The fourth-order valence-corrected chi connectivity index (χ4v) is 1.95. The molecule has 100 valence electrons. The van der Waals surface area contributed by atoms with Crippen LogP contribution in [0.3, 0.4) is 0 Å². The van der Waals surface area contributed by atoms with Crippen LogP contribution in [0.1, 0.15) is 59.3 Å². The average Bonchev–Trinajstić information content (AvgIpc) is 2.23. The highest BCUT2D eigenvalue weighted by Crippen LogP contribution is 2.10. The zero-order chi connectivity index (χ0) is 13.1. The molecule has 0 fully saturated rings. The van der Waals surface area contributed by atoms with Gasteiger partial charge in [-0.15, -0.1) is 0 Å². The second kappa shape index (κ2) is 10.6. The van der Waals surface area contributed by atoms with E-state index in [0.29, 0.717) is 0 Å². The fourth-order valence-electron chi connectivity index (χ4n) is 1.95. The van der Waals surface area contributed by atoms with Gasteiger partial charge >= 0.3 is 0 Å². The van der Waals surface area contributed by atoms with Crippen molar-refractivity contribution in [3.8, 4) is 0 Å². The third-order valence-electron chi connectivity index (χ3n) is 2.90. The second-order valence-corrected chi connectivity index (χ2v) is 5.37. The van der Waals surface area contributed by atoms with Crippen molar-refractivity contribution in [3.63, 3.8) is 0 Å². The molecule has 0 saturated heterocycles. The second-order valence-electron chi connectivity index (χ2n) is 5.37. The van der Waals surface area contributed by atoms with Crippen molar-refractivity contribution in [1.29, 1.82) is 0 Å². The maximum atomic E-state index is 2.42. The predicted octanol–water partition coefficient (Wildman–Crippen LogP) is 4.80. The standard InChI is InChI=1S/C16H31N/c1-6-7-8-9-11-15(2)12-10-13-16(3)14-17(4)5/h11,13H,6-10,12,14H2,1-5H3/b15-11-,16-13-. The number of hydrogen-bond acceptors (Lipinski definition) is 1. The summed E-state index contributed by atoms with van der Waals surface area (Å²) < 4.78 is 0. The van der Waals surface area contributed by atoms with Crippen LogP contribution in [-0.4, -0.2) is 25.5 Å². The van der Waals surface area contributed by atoms with E-state index in [1.54, 1.807) is 5.57 Å². The Morgan fingerprint density at radius 1 is 0.941 bits per heavy atom. The summed E-state index contributed by atoms with van der Waals surface area (Å²) in [5.74, 6) is 0. The van der Waals surface area contributed by atoms with Crippen LogP contribution in [-0.2, 0) is 0 Å². The Kier molecular flexibility index (Phi) is 10.2. The first-order valence-electron chi connectivity index (χ1n) is 7.02. The van der Waals surface area contributed by atoms with E-state index in [4.69, 9.17) is 0 Å². The molecule has 0 unspecified atom stereocenters. The molecule has 1 heteroatoms. The molecule has 0 saturated carbocycles. The molecule has 0 spiro atoms. The Hall–Kier alpha value is -0.560. The molecule has 1 nitrogen and oxygen atoms in total. The van der Waals surface area contributed by atoms with Gasteiger partial charge in [-0.1, -0.05) is 43.1 Å². The monoisotopic (exact) mass is 237 g/mol. The molecule has 0 N–H and O–H groups in total. The topological polar surface area (TPSA) is 3.24 Å². The molecule has 0 aliphatic carbocycles. The van der Waals surface area contributed by atoms with Crippen LogP contribution in [0, 0.1) is 0 Å². The summed E-state index contributed by atoms with van der Waals surface area (Å²) >= 11 is 0. The molecule has 0 aliphatic heterocycles. The summed E-state index contributed by atoms with van der Waals surface area (Å²) in [5, 5.41) is 0. The third kappa shape index (κ3) is 11.7. The Morgan fingerprint density at radius 2 is 1.59 bits per heavy atom. The van der Waals surface area contributed by atoms with E-state index in [9.17, 15) is 0 Å². The van der Waals surface area contributed by atoms with Gasteiger partial charge in [0, 0.05) is 6.54 Å². The zero-order valence-corrected chi connectivity index (χ0v) is 12.6. The molecule has 0 heterocycles. The minimum absolute atomic E-state index is 1.08. The molecular formula is C16H31N. The quantitative estimate of drug-likeness (QED) is 0.411. The van der Waals surface area contributed by atoms with E-state index in [1.807, 2.05) is 0 Å². The van der Waals surface area contributed by atoms with Gasteiger partial charge in [-0.25, -0.2) is 0 Å². The van der Waals surface area contributed by atoms with Crippen LogP contribution in [0.5, 0.6) is 0 Å². The molecule has 17 heavy (non-hydrogen) atoms. The molecule has 0 aromatic carbocycles. The van der Waals surface area contributed by atoms with E-state index < -0.39 is 0 Å². The van der Waals surface area contributed by atoms with E-state index in [-0.39, 0.29) is 0 Å². The Labute approximate surface area is 109 Å². The van der Waals surface area contributed by atoms with Crippen LogP contribution >= 0.6 is 0 Å². The number of hydrogen-bond donors (Lipinski definition) is 0. The van der Waals surface area contributed by atoms with Gasteiger partial charge < -0.3 is 4.90 Å². The number of nitrogens with zero attached hydrogens (tertiary/aromatic N) is 1. The van der Waals surface area contributed by atoms with Gasteiger partial charge in [0.05, 0.1) is 0 Å². The SMILES string of the molecule is CCCCC/C=C(/C)CC/C=C(/C)CN(C)C. The van der Waals surface area contributed by atoms with Crippen LogP contribution in [0.2, 0.25) is 0 Å². The first-order valence-corrected chi connectivity index (χ1v) is 7.02. The molecule has 0 aliphatic rings. The molecular weight excluding hydrogens is 206 g/mol. The van der Waals surface area contributed by atoms with Gasteiger partial charge in [-0.05, 0) is 53.6 Å². The van der Waals surface area contributed by atoms with Crippen molar-refractivity contribution in [2.45, 2.75) is 59.3 Å². The lowest BCUT2D eigenvalue weighted by atomic mass is 10.1. The van der Waals surface area contributed by atoms with E-state index in [1.165, 1.54) is 44.1 Å². The van der Waals surface area contributed by atoms with Gasteiger partial charge in [0.2, 0.25) is 0 Å². The number of likely N-dealkylation sites (N-methyl/N-ethyl adjacent to an activating group) is 1. The van der Waals surface area contributed by atoms with Crippen molar-refractivity contribution < 1.29 is 0 Å². The smallest absolute Gasteiger partial charge is 0.0183 e. The average molecular weight is 237 g/mol. The van der Waals surface area contributed by atoms with Gasteiger partial charge in [-0.2, -0.15) is 0 Å². The zero-order valence-electron chi connectivity index (χ0n) is 12.6. The molecule has 0 aromatic heterocycles. The first-order chi connectivity index (χ1) is 8.06. The summed E-state index contributed by atoms with van der Waals surface area (Å²) in [6, 6.07) is 0. The third-order valence-corrected chi connectivity index (χ3v) is 2.90. The van der Waals surface area contributed by atoms with E-state index in [0.717, 1.165) is 6.54 Å². The van der Waals surface area contributed by atoms with Crippen molar-refractivity contribution in [2.24, 2.45) is 0 Å². The highest BCUT2D eigenvalue weighted by Gasteiger charge is 1.93. The lowest BCUT2D eigenvalue weighted by molar-refractivity contribution is 0.444. The largest absolute Gasteiger partial charge is 0.305 e. The van der Waals surface area contributed by atoms with Crippen LogP contribution in [0.25, 0.3) is 0 Å². The summed E-state index contributed by atoms with van der Waals surface area (Å²) in [4.78, 5) is 2.22. The van der Waals surface area contributed by atoms with Gasteiger partial charge in [0.1, 0.15) is 0 Å². The fraction of sp³-hybridized carbons (Fsp3) is 0.750.